The number of sulfonamides is 1. The van der Waals surface area contributed by atoms with Crippen LogP contribution in [0.25, 0.3) is 0 Å². The van der Waals surface area contributed by atoms with Crippen molar-refractivity contribution in [1.82, 2.24) is 14.9 Å². The first-order valence-corrected chi connectivity index (χ1v) is 10.3. The Bertz CT molecular complexity index is 661. The van der Waals surface area contributed by atoms with Crippen molar-refractivity contribution in [3.05, 3.63) is 30.1 Å². The van der Waals surface area contributed by atoms with Crippen LogP contribution in [0.4, 0.5) is 4.39 Å². The quantitative estimate of drug-likeness (QED) is 0.578. The largest absolute Gasteiger partial charge is 0.379 e. The van der Waals surface area contributed by atoms with Gasteiger partial charge in [0.05, 0.1) is 18.1 Å². The number of amides is 1. The number of ether oxygens (including phenoxy) is 1. The van der Waals surface area contributed by atoms with Crippen LogP contribution in [0.2, 0.25) is 0 Å². The second-order valence-electron chi connectivity index (χ2n) is 6.11. The average molecular weight is 387 g/mol. The highest BCUT2D eigenvalue weighted by molar-refractivity contribution is 7.89. The van der Waals surface area contributed by atoms with Crippen LogP contribution in [-0.4, -0.2) is 65.2 Å². The number of hydrogen-bond donors (Lipinski definition) is 2. The molecule has 0 spiro atoms. The minimum atomic E-state index is -3.73. The molecule has 0 saturated carbocycles. The lowest BCUT2D eigenvalue weighted by atomic mass is 10.2. The summed E-state index contributed by atoms with van der Waals surface area (Å²) in [6, 6.07) is 4.54. The van der Waals surface area contributed by atoms with Gasteiger partial charge in [-0.05, 0) is 43.7 Å². The Hall–Kier alpha value is -1.55. The van der Waals surface area contributed by atoms with E-state index in [1.54, 1.807) is 0 Å². The first-order chi connectivity index (χ1) is 12.5. The number of hydrogen-bond acceptors (Lipinski definition) is 5. The Morgan fingerprint density at radius 3 is 2.50 bits per heavy atom. The van der Waals surface area contributed by atoms with Gasteiger partial charge in [0.1, 0.15) is 5.82 Å². The molecule has 9 heteroatoms. The fourth-order valence-electron chi connectivity index (χ4n) is 2.60. The summed E-state index contributed by atoms with van der Waals surface area (Å²) in [7, 11) is -3.73. The van der Waals surface area contributed by atoms with E-state index in [0.29, 0.717) is 6.54 Å². The Labute approximate surface area is 154 Å². The van der Waals surface area contributed by atoms with Crippen molar-refractivity contribution in [2.45, 2.75) is 24.2 Å². The maximum absolute atomic E-state index is 12.8. The first kappa shape index (κ1) is 20.8. The van der Waals surface area contributed by atoms with E-state index < -0.39 is 15.8 Å². The maximum Gasteiger partial charge on any atom is 0.240 e. The molecule has 1 aromatic rings. The van der Waals surface area contributed by atoms with E-state index in [9.17, 15) is 17.6 Å². The van der Waals surface area contributed by atoms with Crippen LogP contribution >= 0.6 is 0 Å². The minimum absolute atomic E-state index is 0.000674. The number of benzene rings is 1. The molecule has 146 valence electrons. The van der Waals surface area contributed by atoms with Crippen LogP contribution in [0.5, 0.6) is 0 Å². The van der Waals surface area contributed by atoms with Crippen LogP contribution in [0.3, 0.4) is 0 Å². The smallest absolute Gasteiger partial charge is 0.240 e. The fraction of sp³-hybridized carbons (Fsp3) is 0.588. The van der Waals surface area contributed by atoms with E-state index in [-0.39, 0.29) is 23.8 Å². The summed E-state index contributed by atoms with van der Waals surface area (Å²) >= 11 is 0. The molecule has 1 aliphatic rings. The molecule has 1 aromatic carbocycles. The molecule has 0 atom stereocenters. The Morgan fingerprint density at radius 1 is 1.12 bits per heavy atom. The van der Waals surface area contributed by atoms with E-state index in [4.69, 9.17) is 4.74 Å². The number of morpholine rings is 1. The van der Waals surface area contributed by atoms with Crippen LogP contribution in [0.1, 0.15) is 19.3 Å². The Kier molecular flexibility index (Phi) is 8.43. The third kappa shape index (κ3) is 7.36. The summed E-state index contributed by atoms with van der Waals surface area (Å²) in [5, 5.41) is 2.79. The van der Waals surface area contributed by atoms with Gasteiger partial charge in [-0.2, -0.15) is 0 Å². The van der Waals surface area contributed by atoms with Gasteiger partial charge in [-0.25, -0.2) is 17.5 Å². The van der Waals surface area contributed by atoms with Crippen molar-refractivity contribution in [2.24, 2.45) is 0 Å². The highest BCUT2D eigenvalue weighted by Gasteiger charge is 2.14. The predicted molar refractivity (Wildman–Crippen MR) is 95.7 cm³/mol. The number of unbranched alkanes of at least 4 members (excludes halogenated alkanes) is 1. The van der Waals surface area contributed by atoms with E-state index in [1.807, 2.05) is 0 Å². The third-order valence-electron chi connectivity index (χ3n) is 4.10. The Balaban J connectivity index is 1.56. The molecular weight excluding hydrogens is 361 g/mol. The van der Waals surface area contributed by atoms with Crippen LogP contribution < -0.4 is 10.0 Å². The molecule has 26 heavy (non-hydrogen) atoms. The van der Waals surface area contributed by atoms with Gasteiger partial charge >= 0.3 is 0 Å². The second-order valence-corrected chi connectivity index (χ2v) is 7.88. The summed E-state index contributed by atoms with van der Waals surface area (Å²) in [4.78, 5) is 14.1. The number of nitrogens with zero attached hydrogens (tertiary/aromatic N) is 1. The maximum atomic E-state index is 12.8. The minimum Gasteiger partial charge on any atom is -0.379 e. The highest BCUT2D eigenvalue weighted by Crippen LogP contribution is 2.09. The summed E-state index contributed by atoms with van der Waals surface area (Å²) in [6.45, 7) is 5.06. The van der Waals surface area contributed by atoms with E-state index in [1.165, 1.54) is 12.1 Å². The topological polar surface area (TPSA) is 87.7 Å². The molecule has 2 rings (SSSR count). The molecule has 1 fully saturated rings. The first-order valence-electron chi connectivity index (χ1n) is 8.79. The molecule has 1 saturated heterocycles. The summed E-state index contributed by atoms with van der Waals surface area (Å²) in [6.07, 6.45) is 1.94. The molecule has 7 nitrogen and oxygen atoms in total. The number of halogens is 1. The van der Waals surface area contributed by atoms with Crippen molar-refractivity contribution < 1.29 is 22.3 Å². The third-order valence-corrected chi connectivity index (χ3v) is 5.57. The van der Waals surface area contributed by atoms with Gasteiger partial charge in [-0.3, -0.25) is 9.69 Å². The van der Waals surface area contributed by atoms with Crippen molar-refractivity contribution in [3.8, 4) is 0 Å². The van der Waals surface area contributed by atoms with Gasteiger partial charge in [0, 0.05) is 32.6 Å². The normalized spacial score (nSPS) is 15.7. The second kappa shape index (κ2) is 10.6. The van der Waals surface area contributed by atoms with E-state index >= 15 is 0 Å². The molecule has 1 aliphatic heterocycles. The SMILES string of the molecule is O=C(CCNS(=O)(=O)c1ccc(F)cc1)NCCCCN1CCOCC1. The summed E-state index contributed by atoms with van der Waals surface area (Å²) in [5.41, 5.74) is 0. The van der Waals surface area contributed by atoms with Crippen LogP contribution in [0, 0.1) is 5.82 Å². The molecule has 2 N–H and O–H groups in total. The highest BCUT2D eigenvalue weighted by atomic mass is 32.2. The Morgan fingerprint density at radius 2 is 1.81 bits per heavy atom. The van der Waals surface area contributed by atoms with E-state index in [0.717, 1.165) is 57.8 Å². The van der Waals surface area contributed by atoms with Crippen molar-refractivity contribution >= 4 is 15.9 Å². The molecule has 0 unspecified atom stereocenters. The zero-order valence-corrected chi connectivity index (χ0v) is 15.6. The molecule has 0 aliphatic carbocycles. The summed E-state index contributed by atoms with van der Waals surface area (Å²) < 4.78 is 44.5. The zero-order chi connectivity index (χ0) is 18.8. The average Bonchev–Trinajstić information content (AvgIpc) is 2.62. The van der Waals surface area contributed by atoms with Gasteiger partial charge in [0.15, 0.2) is 0 Å². The number of rotatable bonds is 10. The molecule has 1 heterocycles. The summed E-state index contributed by atoms with van der Waals surface area (Å²) in [5.74, 6) is -0.699. The monoisotopic (exact) mass is 387 g/mol. The molecular formula is C17H26FN3O4S. The molecule has 0 bridgehead atoms. The lowest BCUT2D eigenvalue weighted by molar-refractivity contribution is -0.120. The van der Waals surface area contributed by atoms with Crippen molar-refractivity contribution in [3.63, 3.8) is 0 Å². The predicted octanol–water partition coefficient (Wildman–Crippen LogP) is 0.723. The molecule has 1 amide bonds. The van der Waals surface area contributed by atoms with Gasteiger partial charge in [0.2, 0.25) is 15.9 Å². The van der Waals surface area contributed by atoms with E-state index in [2.05, 4.69) is 14.9 Å². The van der Waals surface area contributed by atoms with Gasteiger partial charge in [-0.15, -0.1) is 0 Å². The molecule has 0 aromatic heterocycles. The zero-order valence-electron chi connectivity index (χ0n) is 14.7. The number of carbonyl (C=O) groups excluding carboxylic acids is 1. The number of nitrogens with one attached hydrogen (secondary N) is 2. The van der Waals surface area contributed by atoms with Crippen LogP contribution in [0.15, 0.2) is 29.2 Å². The lowest BCUT2D eigenvalue weighted by Crippen LogP contribution is -2.37. The lowest BCUT2D eigenvalue weighted by Gasteiger charge is -2.26. The fourth-order valence-corrected chi connectivity index (χ4v) is 3.63. The van der Waals surface area contributed by atoms with Gasteiger partial charge in [0.25, 0.3) is 0 Å². The molecule has 0 radical (unpaired) electrons. The van der Waals surface area contributed by atoms with Crippen molar-refractivity contribution in [2.75, 3.05) is 45.9 Å². The van der Waals surface area contributed by atoms with Crippen molar-refractivity contribution in [1.29, 1.82) is 0 Å². The van der Waals surface area contributed by atoms with Gasteiger partial charge in [-0.1, -0.05) is 0 Å². The van der Waals surface area contributed by atoms with Crippen LogP contribution in [-0.2, 0) is 19.6 Å². The van der Waals surface area contributed by atoms with Gasteiger partial charge < -0.3 is 10.1 Å². The number of carbonyl (C=O) groups is 1. The standard InChI is InChI=1S/C17H26FN3O4S/c18-15-3-5-16(6-4-15)26(23,24)20-9-7-17(22)19-8-1-2-10-21-11-13-25-14-12-21/h3-6,20H,1-2,7-14H2,(H,19,22).